The number of hydrogen-bond acceptors (Lipinski definition) is 8. The van der Waals surface area contributed by atoms with E-state index in [4.69, 9.17) is 4.74 Å². The molecular formula is C31H45NO6S. The average molecular weight is 560 g/mol. The van der Waals surface area contributed by atoms with Crippen LogP contribution in [-0.2, 0) is 9.53 Å². The van der Waals surface area contributed by atoms with Gasteiger partial charge in [-0.25, -0.2) is 9.78 Å². The molecule has 1 aromatic rings. The molecule has 1 aromatic heterocycles. The number of nitrogens with zero attached hydrogens (tertiary/aromatic N) is 1. The lowest BCUT2D eigenvalue weighted by molar-refractivity contribution is -0.152. The van der Waals surface area contributed by atoms with Gasteiger partial charge in [0.1, 0.15) is 11.1 Å². The summed E-state index contributed by atoms with van der Waals surface area (Å²) < 4.78 is 5.83. The molecule has 4 N–H and O–H groups in total. The minimum Gasteiger partial charge on any atom is -0.456 e. The van der Waals surface area contributed by atoms with Crippen LogP contribution in [-0.4, -0.2) is 62.4 Å². The number of carbonyl (C=O) groups is 1. The molecule has 0 aliphatic carbocycles. The maximum Gasteiger partial charge on any atom is 0.334 e. The van der Waals surface area contributed by atoms with Crippen LogP contribution in [0.4, 0.5) is 0 Å². The second kappa shape index (κ2) is 16.0. The highest BCUT2D eigenvalue weighted by Crippen LogP contribution is 2.29. The molecule has 0 radical (unpaired) electrons. The normalized spacial score (nSPS) is 26.4. The zero-order valence-electron chi connectivity index (χ0n) is 23.9. The van der Waals surface area contributed by atoms with E-state index >= 15 is 0 Å². The van der Waals surface area contributed by atoms with Gasteiger partial charge in [-0.1, -0.05) is 61.4 Å². The van der Waals surface area contributed by atoms with Crippen LogP contribution in [0.25, 0.3) is 6.08 Å². The Hall–Kier alpha value is -2.36. The summed E-state index contributed by atoms with van der Waals surface area (Å²) in [4.78, 5) is 17.5. The number of aliphatic hydroxyl groups is 4. The summed E-state index contributed by atoms with van der Waals surface area (Å²) in [5.41, 5.74) is 3.25. The number of thiazole rings is 1. The van der Waals surface area contributed by atoms with Gasteiger partial charge in [-0.05, 0) is 52.0 Å². The van der Waals surface area contributed by atoms with Crippen LogP contribution in [0, 0.1) is 11.8 Å². The van der Waals surface area contributed by atoms with Gasteiger partial charge in [-0.15, -0.1) is 11.3 Å². The van der Waals surface area contributed by atoms with Crippen molar-refractivity contribution in [1.82, 2.24) is 4.98 Å². The summed E-state index contributed by atoms with van der Waals surface area (Å²) in [5.74, 6) is -1.18. The third kappa shape index (κ3) is 10.3. The second-order valence-electron chi connectivity index (χ2n) is 10.6. The van der Waals surface area contributed by atoms with E-state index in [0.717, 1.165) is 6.42 Å². The number of aliphatic hydroxyl groups excluding tert-OH is 4. The number of fused-ring (bicyclic) bond motifs is 2. The summed E-state index contributed by atoms with van der Waals surface area (Å²) >= 11 is 1.27. The van der Waals surface area contributed by atoms with Crippen LogP contribution in [0.3, 0.4) is 0 Å². The number of esters is 1. The fraction of sp³-hybridized carbons (Fsp3) is 0.548. The third-order valence-electron chi connectivity index (χ3n) is 7.29. The Morgan fingerprint density at radius 2 is 1.97 bits per heavy atom. The minimum atomic E-state index is -0.994. The summed E-state index contributed by atoms with van der Waals surface area (Å²) in [6, 6.07) is 0. The summed E-state index contributed by atoms with van der Waals surface area (Å²) in [5, 5.41) is 44.4. The van der Waals surface area contributed by atoms with Crippen molar-refractivity contribution in [1.29, 1.82) is 0 Å². The van der Waals surface area contributed by atoms with Crippen molar-refractivity contribution in [3.05, 3.63) is 69.3 Å². The molecule has 39 heavy (non-hydrogen) atoms. The van der Waals surface area contributed by atoms with E-state index < -0.39 is 36.3 Å². The Bertz CT molecular complexity index is 1080. The van der Waals surface area contributed by atoms with E-state index in [1.54, 1.807) is 42.7 Å². The Kier molecular flexibility index (Phi) is 13.5. The molecule has 1 aliphatic rings. The summed E-state index contributed by atoms with van der Waals surface area (Å²) in [6.07, 6.45) is 10.1. The van der Waals surface area contributed by atoms with Gasteiger partial charge >= 0.3 is 5.97 Å². The van der Waals surface area contributed by atoms with Gasteiger partial charge in [0, 0.05) is 23.8 Å². The van der Waals surface area contributed by atoms with Crippen LogP contribution in [0.1, 0.15) is 77.4 Å². The van der Waals surface area contributed by atoms with Gasteiger partial charge in [-0.3, -0.25) is 0 Å². The average Bonchev–Trinajstić information content (AvgIpc) is 3.34. The molecule has 216 valence electrons. The highest BCUT2D eigenvalue weighted by molar-refractivity contribution is 7.09. The molecule has 0 fully saturated rings. The van der Waals surface area contributed by atoms with E-state index in [0.29, 0.717) is 22.7 Å². The van der Waals surface area contributed by atoms with Crippen molar-refractivity contribution in [3.8, 4) is 0 Å². The number of aromatic nitrogens is 1. The molecule has 8 heteroatoms. The lowest BCUT2D eigenvalue weighted by Gasteiger charge is -2.31. The molecule has 2 rings (SSSR count). The predicted octanol–water partition coefficient (Wildman–Crippen LogP) is 5.10. The number of carbonyl (C=O) groups excluding carboxylic acids is 1. The fourth-order valence-corrected chi connectivity index (χ4v) is 5.47. The Morgan fingerprint density at radius 1 is 1.26 bits per heavy atom. The molecule has 7 atom stereocenters. The van der Waals surface area contributed by atoms with Crippen molar-refractivity contribution >= 4 is 23.4 Å². The van der Waals surface area contributed by atoms with Crippen LogP contribution in [0.2, 0.25) is 0 Å². The topological polar surface area (TPSA) is 120 Å². The zero-order valence-corrected chi connectivity index (χ0v) is 24.8. The van der Waals surface area contributed by atoms with Crippen molar-refractivity contribution in [3.63, 3.8) is 0 Å². The largest absolute Gasteiger partial charge is 0.456 e. The minimum absolute atomic E-state index is 0.0408. The van der Waals surface area contributed by atoms with E-state index in [1.807, 2.05) is 13.8 Å². The molecule has 2 heterocycles. The van der Waals surface area contributed by atoms with Gasteiger partial charge in [0.2, 0.25) is 0 Å². The number of rotatable bonds is 7. The van der Waals surface area contributed by atoms with E-state index in [1.165, 1.54) is 22.5 Å². The van der Waals surface area contributed by atoms with Gasteiger partial charge in [-0.2, -0.15) is 0 Å². The molecule has 0 saturated heterocycles. The Labute approximate surface area is 237 Å². The monoisotopic (exact) mass is 559 g/mol. The fourth-order valence-electron chi connectivity index (χ4n) is 4.54. The Morgan fingerprint density at radius 3 is 2.64 bits per heavy atom. The molecule has 0 saturated carbocycles. The van der Waals surface area contributed by atoms with Gasteiger partial charge < -0.3 is 25.2 Å². The maximum absolute atomic E-state index is 13.0. The van der Waals surface area contributed by atoms with Crippen LogP contribution < -0.4 is 0 Å². The highest BCUT2D eigenvalue weighted by Gasteiger charge is 2.31. The predicted molar refractivity (Wildman–Crippen MR) is 157 cm³/mol. The molecule has 7 nitrogen and oxygen atoms in total. The van der Waals surface area contributed by atoms with E-state index in [-0.39, 0.29) is 24.9 Å². The van der Waals surface area contributed by atoms with Gasteiger partial charge in [0.05, 0.1) is 36.5 Å². The number of cyclic esters (lactones) is 1. The Balaban J connectivity index is 2.32. The second-order valence-corrected chi connectivity index (χ2v) is 11.5. The van der Waals surface area contributed by atoms with Crippen molar-refractivity contribution in [2.75, 3.05) is 6.61 Å². The lowest BCUT2D eigenvalue weighted by atomic mass is 9.83. The van der Waals surface area contributed by atoms with Crippen molar-refractivity contribution < 1.29 is 30.0 Å². The molecule has 7 unspecified atom stereocenters. The zero-order chi connectivity index (χ0) is 29.1. The number of allylic oxidation sites excluding steroid dienone is 6. The molecule has 1 aliphatic heterocycles. The molecular weight excluding hydrogens is 514 g/mol. The first-order valence-electron chi connectivity index (χ1n) is 13.6. The first-order chi connectivity index (χ1) is 18.5. The summed E-state index contributed by atoms with van der Waals surface area (Å²) in [6.45, 7) is 11.5. The molecule has 2 bridgehead atoms. The van der Waals surface area contributed by atoms with Crippen molar-refractivity contribution in [2.45, 2.75) is 91.1 Å². The first kappa shape index (κ1) is 32.8. The number of hydrogen-bond donors (Lipinski definition) is 4. The quantitative estimate of drug-likeness (QED) is 0.271. The standard InChI is InChI=1S/C31H45NO6S/c1-7-19(2)13-20(3)14-21(4)23(6)29(36)28-12-10-8-9-11-25(34)16-27(35)26(17-33)30-32-24(18-39-30)15-22(5)31(37)38-28/h7-11,13,15,18,21,23,25-29,33-36H,12,14,16-17H2,1-6H3. The summed E-state index contributed by atoms with van der Waals surface area (Å²) in [7, 11) is 0. The number of ether oxygens (including phenoxy) is 1. The van der Waals surface area contributed by atoms with Crippen molar-refractivity contribution in [2.24, 2.45) is 11.8 Å². The van der Waals surface area contributed by atoms with E-state index in [2.05, 4.69) is 37.9 Å². The van der Waals surface area contributed by atoms with Crippen LogP contribution in [0.15, 0.2) is 58.6 Å². The smallest absolute Gasteiger partial charge is 0.334 e. The van der Waals surface area contributed by atoms with Crippen LogP contribution in [0.5, 0.6) is 0 Å². The van der Waals surface area contributed by atoms with Gasteiger partial charge in [0.25, 0.3) is 0 Å². The highest BCUT2D eigenvalue weighted by atomic mass is 32.1. The van der Waals surface area contributed by atoms with Gasteiger partial charge in [0.15, 0.2) is 0 Å². The molecule has 0 spiro atoms. The third-order valence-corrected chi connectivity index (χ3v) is 8.28. The molecule has 0 aromatic carbocycles. The SMILES string of the molecule is CC=C(C)C=C(C)CC(C)C(C)C(O)C1CC=CC=CC(O)CC(O)C(CO)c2nc(cs2)C=C(C)C(=O)O1. The first-order valence-corrected chi connectivity index (χ1v) is 14.5. The maximum atomic E-state index is 13.0. The van der Waals surface area contributed by atoms with E-state index in [9.17, 15) is 25.2 Å². The van der Waals surface area contributed by atoms with Crippen LogP contribution >= 0.6 is 11.3 Å². The lowest BCUT2D eigenvalue weighted by Crippen LogP contribution is -2.38. The molecule has 0 amide bonds.